The number of benzene rings is 1. The van der Waals surface area contributed by atoms with Gasteiger partial charge in [0.2, 0.25) is 0 Å². The van der Waals surface area contributed by atoms with E-state index in [1.54, 1.807) is 6.07 Å². The number of hydrogen-bond acceptors (Lipinski definition) is 2. The van der Waals surface area contributed by atoms with Gasteiger partial charge in [0.1, 0.15) is 5.82 Å². The minimum absolute atomic E-state index is 0.185. The van der Waals surface area contributed by atoms with E-state index in [4.69, 9.17) is 5.11 Å². The third-order valence-corrected chi connectivity index (χ3v) is 4.32. The van der Waals surface area contributed by atoms with Gasteiger partial charge in [0, 0.05) is 29.0 Å². The van der Waals surface area contributed by atoms with Gasteiger partial charge in [0.05, 0.1) is 0 Å². The van der Waals surface area contributed by atoms with Gasteiger partial charge in [0.15, 0.2) is 0 Å². The van der Waals surface area contributed by atoms with Crippen molar-refractivity contribution >= 4 is 21.9 Å². The van der Waals surface area contributed by atoms with Gasteiger partial charge in [-0.25, -0.2) is 4.39 Å². The maximum Gasteiger partial charge on any atom is 0.303 e. The molecule has 5 heteroatoms. The Morgan fingerprint density at radius 3 is 2.95 bits per heavy atom. The number of nitrogens with zero attached hydrogens (tertiary/aromatic N) is 1. The second kappa shape index (κ2) is 7.18. The Morgan fingerprint density at radius 1 is 1.45 bits per heavy atom. The fourth-order valence-electron chi connectivity index (χ4n) is 2.75. The molecule has 1 saturated heterocycles. The van der Waals surface area contributed by atoms with Gasteiger partial charge in [-0.1, -0.05) is 28.4 Å². The molecule has 20 heavy (non-hydrogen) atoms. The summed E-state index contributed by atoms with van der Waals surface area (Å²) in [4.78, 5) is 12.9. The summed E-state index contributed by atoms with van der Waals surface area (Å²) >= 11 is 3.26. The lowest BCUT2D eigenvalue weighted by molar-refractivity contribution is -0.137. The molecule has 1 aromatic rings. The van der Waals surface area contributed by atoms with Crippen molar-refractivity contribution in [2.75, 3.05) is 6.54 Å². The monoisotopic (exact) mass is 343 g/mol. The molecule has 1 heterocycles. The summed E-state index contributed by atoms with van der Waals surface area (Å²) in [6.45, 7) is 1.48. The topological polar surface area (TPSA) is 40.5 Å². The van der Waals surface area contributed by atoms with E-state index in [-0.39, 0.29) is 18.3 Å². The maximum atomic E-state index is 13.9. The Bertz CT molecular complexity index is 481. The number of carboxylic acids is 1. The highest BCUT2D eigenvalue weighted by atomic mass is 79.9. The second-order valence-electron chi connectivity index (χ2n) is 5.29. The lowest BCUT2D eigenvalue weighted by atomic mass is 9.97. The minimum Gasteiger partial charge on any atom is -0.481 e. The molecule has 1 atom stereocenters. The fourth-order valence-corrected chi connectivity index (χ4v) is 3.09. The van der Waals surface area contributed by atoms with Gasteiger partial charge in [-0.05, 0) is 37.9 Å². The Balaban J connectivity index is 2.02. The average molecular weight is 344 g/mol. The Morgan fingerprint density at radius 2 is 2.25 bits per heavy atom. The van der Waals surface area contributed by atoms with Crippen LogP contribution < -0.4 is 0 Å². The summed E-state index contributed by atoms with van der Waals surface area (Å²) in [6, 6.07) is 5.37. The van der Waals surface area contributed by atoms with Crippen molar-refractivity contribution in [3.63, 3.8) is 0 Å². The molecule has 0 aliphatic carbocycles. The second-order valence-corrected chi connectivity index (χ2v) is 6.20. The van der Waals surface area contributed by atoms with Crippen molar-refractivity contribution in [2.45, 2.75) is 44.7 Å². The largest absolute Gasteiger partial charge is 0.481 e. The summed E-state index contributed by atoms with van der Waals surface area (Å²) < 4.78 is 14.6. The van der Waals surface area contributed by atoms with Gasteiger partial charge in [-0.3, -0.25) is 9.69 Å². The van der Waals surface area contributed by atoms with Crippen LogP contribution in [0, 0.1) is 5.82 Å². The number of hydrogen-bond donors (Lipinski definition) is 1. The van der Waals surface area contributed by atoms with Crippen molar-refractivity contribution in [3.8, 4) is 0 Å². The highest BCUT2D eigenvalue weighted by molar-refractivity contribution is 9.10. The van der Waals surface area contributed by atoms with Crippen LogP contribution in [0.5, 0.6) is 0 Å². The van der Waals surface area contributed by atoms with Gasteiger partial charge in [-0.15, -0.1) is 0 Å². The first-order valence-corrected chi connectivity index (χ1v) is 7.75. The third kappa shape index (κ3) is 4.28. The van der Waals surface area contributed by atoms with Crippen molar-refractivity contribution < 1.29 is 14.3 Å². The molecule has 1 aliphatic heterocycles. The first-order chi connectivity index (χ1) is 9.56. The highest BCUT2D eigenvalue weighted by Gasteiger charge is 2.23. The summed E-state index contributed by atoms with van der Waals surface area (Å²) in [6.07, 6.45) is 4.06. The van der Waals surface area contributed by atoms with Crippen LogP contribution in [0.2, 0.25) is 0 Å². The highest BCUT2D eigenvalue weighted by Crippen LogP contribution is 2.24. The van der Waals surface area contributed by atoms with E-state index < -0.39 is 5.97 Å². The van der Waals surface area contributed by atoms with Crippen LogP contribution in [0.4, 0.5) is 4.39 Å². The van der Waals surface area contributed by atoms with Crippen molar-refractivity contribution in [1.82, 2.24) is 4.90 Å². The number of rotatable bonds is 5. The fraction of sp³-hybridized carbons (Fsp3) is 0.533. The number of aliphatic carboxylic acids is 1. The zero-order valence-corrected chi connectivity index (χ0v) is 12.9. The molecule has 3 nitrogen and oxygen atoms in total. The third-order valence-electron chi connectivity index (χ3n) is 3.83. The molecular weight excluding hydrogens is 325 g/mol. The van der Waals surface area contributed by atoms with Gasteiger partial charge in [0.25, 0.3) is 0 Å². The van der Waals surface area contributed by atoms with E-state index in [0.717, 1.165) is 30.3 Å². The molecule has 1 aliphatic rings. The van der Waals surface area contributed by atoms with Crippen molar-refractivity contribution in [3.05, 3.63) is 34.1 Å². The lowest BCUT2D eigenvalue weighted by Gasteiger charge is -2.35. The molecule has 1 N–H and O–H groups in total. The van der Waals surface area contributed by atoms with Gasteiger partial charge < -0.3 is 5.11 Å². The number of piperidine rings is 1. The van der Waals surface area contributed by atoms with E-state index in [2.05, 4.69) is 20.8 Å². The number of halogens is 2. The number of carbonyl (C=O) groups is 1. The number of likely N-dealkylation sites (tertiary alicyclic amines) is 1. The summed E-state index contributed by atoms with van der Waals surface area (Å²) in [5, 5.41) is 8.81. The van der Waals surface area contributed by atoms with E-state index in [9.17, 15) is 9.18 Å². The van der Waals surface area contributed by atoms with Crippen molar-refractivity contribution in [1.29, 1.82) is 0 Å². The predicted molar refractivity (Wildman–Crippen MR) is 79.0 cm³/mol. The van der Waals surface area contributed by atoms with E-state index in [0.29, 0.717) is 18.5 Å². The van der Waals surface area contributed by atoms with Crippen LogP contribution in [0.1, 0.15) is 37.7 Å². The molecule has 1 unspecified atom stereocenters. The number of carboxylic acid groups (broad SMARTS) is 1. The van der Waals surface area contributed by atoms with E-state index in [1.807, 2.05) is 6.07 Å². The predicted octanol–water partition coefficient (Wildman–Crippen LogP) is 3.81. The van der Waals surface area contributed by atoms with Crippen LogP contribution in [0.15, 0.2) is 22.7 Å². The van der Waals surface area contributed by atoms with E-state index >= 15 is 0 Å². The molecule has 1 fully saturated rings. The smallest absolute Gasteiger partial charge is 0.303 e. The van der Waals surface area contributed by atoms with Crippen LogP contribution in [0.25, 0.3) is 0 Å². The van der Waals surface area contributed by atoms with Crippen LogP contribution in [-0.2, 0) is 11.3 Å². The van der Waals surface area contributed by atoms with Gasteiger partial charge >= 0.3 is 5.97 Å². The minimum atomic E-state index is -0.759. The lowest BCUT2D eigenvalue weighted by Crippen LogP contribution is -2.39. The SMILES string of the molecule is O=C(O)CCC1CCCCN1Cc1ccc(Br)cc1F. The Hall–Kier alpha value is -0.940. The van der Waals surface area contributed by atoms with Crippen LogP contribution >= 0.6 is 15.9 Å². The molecule has 110 valence electrons. The molecule has 0 bridgehead atoms. The zero-order valence-electron chi connectivity index (χ0n) is 11.3. The summed E-state index contributed by atoms with van der Waals surface area (Å²) in [7, 11) is 0. The van der Waals surface area contributed by atoms with Crippen molar-refractivity contribution in [2.24, 2.45) is 0 Å². The quantitative estimate of drug-likeness (QED) is 0.883. The normalized spacial score (nSPS) is 20.0. The average Bonchev–Trinajstić information content (AvgIpc) is 2.41. The molecular formula is C15H19BrFNO2. The summed E-state index contributed by atoms with van der Waals surface area (Å²) in [5.74, 6) is -0.965. The molecule has 0 radical (unpaired) electrons. The van der Waals surface area contributed by atoms with Gasteiger partial charge in [-0.2, -0.15) is 0 Å². The molecule has 0 saturated carbocycles. The van der Waals surface area contributed by atoms with E-state index in [1.165, 1.54) is 6.07 Å². The molecule has 1 aromatic carbocycles. The van der Waals surface area contributed by atoms with Crippen LogP contribution in [-0.4, -0.2) is 28.6 Å². The molecule has 0 spiro atoms. The first kappa shape index (κ1) is 15.4. The van der Waals surface area contributed by atoms with Crippen LogP contribution in [0.3, 0.4) is 0 Å². The standard InChI is InChI=1S/C15H19BrFNO2/c16-12-5-4-11(14(17)9-12)10-18-8-2-1-3-13(18)6-7-15(19)20/h4-5,9,13H,1-3,6-8,10H2,(H,19,20). The molecule has 0 amide bonds. The zero-order chi connectivity index (χ0) is 14.5. The molecule has 0 aromatic heterocycles. The molecule has 2 rings (SSSR count). The Labute approximate surface area is 126 Å². The maximum absolute atomic E-state index is 13.9. The first-order valence-electron chi connectivity index (χ1n) is 6.96. The summed E-state index contributed by atoms with van der Waals surface area (Å²) in [5.41, 5.74) is 0.676. The Kier molecular flexibility index (Phi) is 5.54.